The lowest BCUT2D eigenvalue weighted by atomic mass is 10.0. The van der Waals surface area contributed by atoms with Crippen LogP contribution in [0.3, 0.4) is 0 Å². The molecule has 7 heteroatoms. The second-order valence-corrected chi connectivity index (χ2v) is 8.07. The average Bonchev–Trinajstić information content (AvgIpc) is 3.28. The van der Waals surface area contributed by atoms with Crippen LogP contribution in [0.4, 0.5) is 5.69 Å². The minimum atomic E-state index is -0.655. The monoisotopic (exact) mass is 412 g/mol. The summed E-state index contributed by atoms with van der Waals surface area (Å²) in [6.45, 7) is 12.4. The Hall–Kier alpha value is -2.64. The number of carbonyl (C=O) groups excluding carboxylic acids is 2. The molecule has 0 bridgehead atoms. The number of hydrogen-bond acceptors (Lipinski definition) is 5. The summed E-state index contributed by atoms with van der Waals surface area (Å²) in [6, 6.07) is 10.5. The number of benzene rings is 1. The van der Waals surface area contributed by atoms with E-state index in [9.17, 15) is 9.59 Å². The van der Waals surface area contributed by atoms with Crippen molar-refractivity contribution in [3.63, 3.8) is 0 Å². The molecule has 0 saturated carbocycles. The molecule has 1 aliphatic rings. The van der Waals surface area contributed by atoms with E-state index in [1.807, 2.05) is 38.1 Å². The standard InChI is InChI=1S/C23H32N4O3/c1-4-26-11-13-27(14-12-26)16-18-7-9-19(10-8-18)24-23(29)21(17(2)3)25-22(28)20-6-5-15-30-20/h5-10,15,17,21H,4,11-14,16H2,1-3H3,(H,24,29)(H,25,28). The molecule has 0 aliphatic carbocycles. The fourth-order valence-corrected chi connectivity index (χ4v) is 3.59. The predicted octanol–water partition coefficient (Wildman–Crippen LogP) is 2.81. The smallest absolute Gasteiger partial charge is 0.287 e. The van der Waals surface area contributed by atoms with Crippen molar-refractivity contribution in [3.8, 4) is 0 Å². The average molecular weight is 413 g/mol. The molecular weight excluding hydrogens is 380 g/mol. The number of nitrogens with one attached hydrogen (secondary N) is 2. The lowest BCUT2D eigenvalue weighted by molar-refractivity contribution is -0.118. The van der Waals surface area contributed by atoms with Gasteiger partial charge in [0.05, 0.1) is 6.26 Å². The summed E-state index contributed by atoms with van der Waals surface area (Å²) in [5.74, 6) is -0.511. The summed E-state index contributed by atoms with van der Waals surface area (Å²) in [7, 11) is 0. The molecule has 162 valence electrons. The molecule has 1 aromatic carbocycles. The van der Waals surface area contributed by atoms with Crippen molar-refractivity contribution < 1.29 is 14.0 Å². The first kappa shape index (κ1) is 22.1. The van der Waals surface area contributed by atoms with E-state index in [2.05, 4.69) is 27.4 Å². The number of anilines is 1. The maximum atomic E-state index is 12.8. The third kappa shape index (κ3) is 5.93. The minimum Gasteiger partial charge on any atom is -0.459 e. The van der Waals surface area contributed by atoms with Crippen LogP contribution in [-0.2, 0) is 11.3 Å². The number of amides is 2. The topological polar surface area (TPSA) is 77.8 Å². The predicted molar refractivity (Wildman–Crippen MR) is 117 cm³/mol. The summed E-state index contributed by atoms with van der Waals surface area (Å²) in [5, 5.41) is 5.67. The van der Waals surface area contributed by atoms with Crippen molar-refractivity contribution in [1.82, 2.24) is 15.1 Å². The fraction of sp³-hybridized carbons (Fsp3) is 0.478. The molecule has 0 spiro atoms. The summed E-state index contributed by atoms with van der Waals surface area (Å²) < 4.78 is 5.11. The van der Waals surface area contributed by atoms with Crippen LogP contribution in [0.15, 0.2) is 47.1 Å². The molecule has 3 rings (SSSR count). The zero-order valence-corrected chi connectivity index (χ0v) is 18.1. The van der Waals surface area contributed by atoms with Crippen molar-refractivity contribution in [1.29, 1.82) is 0 Å². The zero-order chi connectivity index (χ0) is 21.5. The summed E-state index contributed by atoms with van der Waals surface area (Å²) in [6.07, 6.45) is 1.44. The van der Waals surface area contributed by atoms with Gasteiger partial charge in [0.2, 0.25) is 5.91 Å². The van der Waals surface area contributed by atoms with Gasteiger partial charge in [-0.1, -0.05) is 32.9 Å². The van der Waals surface area contributed by atoms with Gasteiger partial charge in [-0.15, -0.1) is 0 Å². The first-order chi connectivity index (χ1) is 14.5. The normalized spacial score (nSPS) is 16.4. The van der Waals surface area contributed by atoms with Crippen LogP contribution < -0.4 is 10.6 Å². The number of rotatable bonds is 8. The van der Waals surface area contributed by atoms with E-state index in [0.29, 0.717) is 0 Å². The van der Waals surface area contributed by atoms with E-state index in [0.717, 1.165) is 45.0 Å². The Balaban J connectivity index is 1.54. The molecule has 1 aromatic heterocycles. The first-order valence-corrected chi connectivity index (χ1v) is 10.6. The lowest BCUT2D eigenvalue weighted by Crippen LogP contribution is -2.47. The van der Waals surface area contributed by atoms with E-state index in [1.165, 1.54) is 11.8 Å². The number of nitrogens with zero attached hydrogens (tertiary/aromatic N) is 2. The van der Waals surface area contributed by atoms with Gasteiger partial charge in [-0.2, -0.15) is 0 Å². The molecule has 2 N–H and O–H groups in total. The molecule has 2 aromatic rings. The van der Waals surface area contributed by atoms with Crippen LogP contribution in [0.5, 0.6) is 0 Å². The van der Waals surface area contributed by atoms with Gasteiger partial charge < -0.3 is 20.0 Å². The quantitative estimate of drug-likeness (QED) is 0.697. The van der Waals surface area contributed by atoms with Gasteiger partial charge in [-0.3, -0.25) is 14.5 Å². The Labute approximate surface area is 178 Å². The maximum Gasteiger partial charge on any atom is 0.287 e. The van der Waals surface area contributed by atoms with Gasteiger partial charge >= 0.3 is 0 Å². The zero-order valence-electron chi connectivity index (χ0n) is 18.1. The van der Waals surface area contributed by atoms with Gasteiger partial charge in [0.1, 0.15) is 6.04 Å². The summed E-state index contributed by atoms with van der Waals surface area (Å²) in [4.78, 5) is 29.9. The van der Waals surface area contributed by atoms with E-state index in [-0.39, 0.29) is 17.6 Å². The van der Waals surface area contributed by atoms with Crippen molar-refractivity contribution in [2.24, 2.45) is 5.92 Å². The SMILES string of the molecule is CCN1CCN(Cc2ccc(NC(=O)C(NC(=O)c3ccco3)C(C)C)cc2)CC1. The Bertz CT molecular complexity index is 809. The van der Waals surface area contributed by atoms with Crippen molar-refractivity contribution >= 4 is 17.5 Å². The molecule has 7 nitrogen and oxygen atoms in total. The van der Waals surface area contributed by atoms with Crippen molar-refractivity contribution in [3.05, 3.63) is 54.0 Å². The molecule has 2 amide bonds. The van der Waals surface area contributed by atoms with Crippen LogP contribution in [0.1, 0.15) is 36.9 Å². The highest BCUT2D eigenvalue weighted by molar-refractivity contribution is 6.00. The van der Waals surface area contributed by atoms with E-state index in [1.54, 1.807) is 12.1 Å². The first-order valence-electron chi connectivity index (χ1n) is 10.6. The number of hydrogen-bond donors (Lipinski definition) is 2. The number of piperazine rings is 1. The van der Waals surface area contributed by atoms with Crippen molar-refractivity contribution in [2.75, 3.05) is 38.0 Å². The van der Waals surface area contributed by atoms with Crippen LogP contribution in [0, 0.1) is 5.92 Å². The van der Waals surface area contributed by atoms with Crippen LogP contribution in [0.2, 0.25) is 0 Å². The second kappa shape index (κ2) is 10.4. The number of carbonyl (C=O) groups is 2. The molecule has 1 atom stereocenters. The molecule has 1 saturated heterocycles. The largest absolute Gasteiger partial charge is 0.459 e. The fourth-order valence-electron chi connectivity index (χ4n) is 3.59. The van der Waals surface area contributed by atoms with E-state index >= 15 is 0 Å². The van der Waals surface area contributed by atoms with Gasteiger partial charge in [0, 0.05) is 38.4 Å². The molecular formula is C23H32N4O3. The highest BCUT2D eigenvalue weighted by Crippen LogP contribution is 2.15. The van der Waals surface area contributed by atoms with Crippen LogP contribution in [0.25, 0.3) is 0 Å². The highest BCUT2D eigenvalue weighted by Gasteiger charge is 2.25. The molecule has 1 unspecified atom stereocenters. The molecule has 1 aliphatic heterocycles. The Morgan fingerprint density at radius 3 is 2.27 bits per heavy atom. The molecule has 30 heavy (non-hydrogen) atoms. The van der Waals surface area contributed by atoms with Gasteiger partial charge in [-0.05, 0) is 42.3 Å². The van der Waals surface area contributed by atoms with Crippen LogP contribution >= 0.6 is 0 Å². The summed E-state index contributed by atoms with van der Waals surface area (Å²) in [5.41, 5.74) is 1.95. The third-order valence-electron chi connectivity index (χ3n) is 5.52. The molecule has 1 fully saturated rings. The van der Waals surface area contributed by atoms with Gasteiger partial charge in [0.15, 0.2) is 5.76 Å². The van der Waals surface area contributed by atoms with Gasteiger partial charge in [0.25, 0.3) is 5.91 Å². The maximum absolute atomic E-state index is 12.8. The van der Waals surface area contributed by atoms with Crippen LogP contribution in [-0.4, -0.2) is 60.4 Å². The summed E-state index contributed by atoms with van der Waals surface area (Å²) >= 11 is 0. The van der Waals surface area contributed by atoms with Gasteiger partial charge in [-0.25, -0.2) is 0 Å². The Morgan fingerprint density at radius 1 is 1.03 bits per heavy atom. The number of furan rings is 1. The lowest BCUT2D eigenvalue weighted by Gasteiger charge is -2.34. The highest BCUT2D eigenvalue weighted by atomic mass is 16.3. The van der Waals surface area contributed by atoms with E-state index in [4.69, 9.17) is 4.42 Å². The third-order valence-corrected chi connectivity index (χ3v) is 5.52. The molecule has 2 heterocycles. The van der Waals surface area contributed by atoms with E-state index < -0.39 is 11.9 Å². The van der Waals surface area contributed by atoms with Crippen molar-refractivity contribution in [2.45, 2.75) is 33.4 Å². The molecule has 0 radical (unpaired) electrons. The second-order valence-electron chi connectivity index (χ2n) is 8.07. The Kier molecular flexibility index (Phi) is 7.65. The minimum absolute atomic E-state index is 0.0648. The number of likely N-dealkylation sites (N-methyl/N-ethyl adjacent to an activating group) is 1. The Morgan fingerprint density at radius 2 is 1.70 bits per heavy atom.